The minimum Gasteiger partial charge on any atom is -0.368 e. The molecule has 3 N–H and O–H groups in total. The molecule has 0 bridgehead atoms. The van der Waals surface area contributed by atoms with Gasteiger partial charge in [0.2, 0.25) is 5.91 Å². The number of likely N-dealkylation sites (N-methyl/N-ethyl adjacent to an activating group) is 1. The molecule has 0 radical (unpaired) electrons. The molecule has 0 aromatic heterocycles. The van der Waals surface area contributed by atoms with E-state index in [-0.39, 0.29) is 5.91 Å². The van der Waals surface area contributed by atoms with Gasteiger partial charge in [0, 0.05) is 5.25 Å². The fourth-order valence-electron chi connectivity index (χ4n) is 2.55. The number of carbonyl (C=O) groups excluding carboxylic acids is 1. The van der Waals surface area contributed by atoms with Crippen LogP contribution in [0.5, 0.6) is 0 Å². The molecule has 0 aliphatic heterocycles. The summed E-state index contributed by atoms with van der Waals surface area (Å²) in [5.74, 6) is 1.05. The maximum Gasteiger partial charge on any atom is 0.237 e. The van der Waals surface area contributed by atoms with Gasteiger partial charge in [-0.15, -0.1) is 0 Å². The molecule has 0 aromatic rings. The van der Waals surface area contributed by atoms with E-state index in [0.717, 1.165) is 25.8 Å². The van der Waals surface area contributed by atoms with Gasteiger partial charge < -0.3 is 11.1 Å². The average Bonchev–Trinajstić information content (AvgIpc) is 2.70. The number of hydrogen-bond acceptors (Lipinski definition) is 3. The summed E-state index contributed by atoms with van der Waals surface area (Å²) in [5.41, 5.74) is 5.13. The Hall–Kier alpha value is -0.220. The molecule has 0 saturated heterocycles. The maximum absolute atomic E-state index is 11.6. The van der Waals surface area contributed by atoms with E-state index >= 15 is 0 Å². The summed E-state index contributed by atoms with van der Waals surface area (Å²) in [4.78, 5) is 11.6. The molecule has 1 fully saturated rings. The van der Waals surface area contributed by atoms with Crippen molar-refractivity contribution in [3.8, 4) is 0 Å². The zero-order chi connectivity index (χ0) is 12.7. The first-order chi connectivity index (χ1) is 8.14. The fourth-order valence-corrected chi connectivity index (χ4v) is 3.95. The first-order valence-corrected chi connectivity index (χ1v) is 7.86. The number of carbonyl (C=O) groups is 1. The molecule has 0 spiro atoms. The third-order valence-corrected chi connectivity index (χ3v) is 4.96. The van der Waals surface area contributed by atoms with Crippen LogP contribution in [0.25, 0.3) is 0 Å². The zero-order valence-electron chi connectivity index (χ0n) is 11.1. The third kappa shape index (κ3) is 4.18. The van der Waals surface area contributed by atoms with Crippen LogP contribution in [0.1, 0.15) is 52.4 Å². The Balaban J connectivity index is 2.35. The van der Waals surface area contributed by atoms with Crippen LogP contribution in [0.3, 0.4) is 0 Å². The predicted molar refractivity (Wildman–Crippen MR) is 75.2 cm³/mol. The van der Waals surface area contributed by atoms with E-state index in [1.54, 1.807) is 0 Å². The summed E-state index contributed by atoms with van der Waals surface area (Å²) in [5, 5.41) is 3.91. The van der Waals surface area contributed by atoms with E-state index in [1.165, 1.54) is 25.0 Å². The van der Waals surface area contributed by atoms with Crippen molar-refractivity contribution in [3.05, 3.63) is 0 Å². The van der Waals surface area contributed by atoms with Crippen LogP contribution in [0.4, 0.5) is 0 Å². The van der Waals surface area contributed by atoms with Gasteiger partial charge in [-0.2, -0.15) is 11.8 Å². The number of rotatable bonds is 8. The molecule has 2 unspecified atom stereocenters. The first-order valence-electron chi connectivity index (χ1n) is 6.81. The molecule has 1 amide bonds. The Morgan fingerprint density at radius 3 is 2.82 bits per heavy atom. The van der Waals surface area contributed by atoms with Gasteiger partial charge in [-0.25, -0.2) is 0 Å². The quantitative estimate of drug-likeness (QED) is 0.657. The van der Waals surface area contributed by atoms with Gasteiger partial charge in [-0.1, -0.05) is 26.7 Å². The molecule has 3 nitrogen and oxygen atoms in total. The molecule has 17 heavy (non-hydrogen) atoms. The minimum absolute atomic E-state index is 0.170. The van der Waals surface area contributed by atoms with Crippen molar-refractivity contribution in [1.29, 1.82) is 0 Å². The lowest BCUT2D eigenvalue weighted by Gasteiger charge is -2.26. The fraction of sp³-hybridized carbons (Fsp3) is 0.923. The largest absolute Gasteiger partial charge is 0.368 e. The van der Waals surface area contributed by atoms with Crippen molar-refractivity contribution >= 4 is 17.7 Å². The van der Waals surface area contributed by atoms with E-state index in [2.05, 4.69) is 12.2 Å². The van der Waals surface area contributed by atoms with Crippen LogP contribution >= 0.6 is 11.8 Å². The van der Waals surface area contributed by atoms with Crippen LogP contribution in [-0.4, -0.2) is 29.0 Å². The van der Waals surface area contributed by atoms with E-state index in [4.69, 9.17) is 5.73 Å². The van der Waals surface area contributed by atoms with Crippen molar-refractivity contribution in [2.75, 3.05) is 12.3 Å². The smallest absolute Gasteiger partial charge is 0.237 e. The van der Waals surface area contributed by atoms with Gasteiger partial charge in [-0.05, 0) is 38.0 Å². The van der Waals surface area contributed by atoms with Crippen molar-refractivity contribution in [1.82, 2.24) is 5.32 Å². The second-order valence-electron chi connectivity index (χ2n) is 4.92. The van der Waals surface area contributed by atoms with E-state index in [0.29, 0.717) is 5.25 Å². The molecule has 100 valence electrons. The van der Waals surface area contributed by atoms with Gasteiger partial charge in [0.1, 0.15) is 0 Å². The van der Waals surface area contributed by atoms with Gasteiger partial charge in [0.05, 0.1) is 5.54 Å². The predicted octanol–water partition coefficient (Wildman–Crippen LogP) is 2.30. The highest BCUT2D eigenvalue weighted by molar-refractivity contribution is 7.99. The van der Waals surface area contributed by atoms with Crippen molar-refractivity contribution in [2.24, 2.45) is 5.73 Å². The Morgan fingerprint density at radius 1 is 1.47 bits per heavy atom. The molecular formula is C13H26N2OS. The van der Waals surface area contributed by atoms with Crippen LogP contribution in [-0.2, 0) is 4.79 Å². The Labute approximate surface area is 109 Å². The van der Waals surface area contributed by atoms with E-state index in [1.807, 2.05) is 18.7 Å². The molecule has 1 aliphatic carbocycles. The average molecular weight is 258 g/mol. The number of nitrogens with one attached hydrogen (secondary N) is 1. The highest BCUT2D eigenvalue weighted by Gasteiger charge is 2.43. The number of nitrogens with two attached hydrogens (primary N) is 1. The lowest BCUT2D eigenvalue weighted by atomic mass is 9.97. The Kier molecular flexibility index (Phi) is 6.34. The van der Waals surface area contributed by atoms with Crippen molar-refractivity contribution in [2.45, 2.75) is 63.2 Å². The SMILES string of the molecule is CCCCCSC1CCC(NCC)(C(N)=O)C1. The Bertz CT molecular complexity index is 248. The number of unbranched alkanes of at least 4 members (excludes halogenated alkanes) is 2. The molecule has 1 rings (SSSR count). The lowest BCUT2D eigenvalue weighted by Crippen LogP contribution is -2.53. The third-order valence-electron chi connectivity index (χ3n) is 3.56. The number of thioether (sulfide) groups is 1. The summed E-state index contributed by atoms with van der Waals surface area (Å²) in [6.45, 7) is 5.08. The molecule has 1 aliphatic rings. The highest BCUT2D eigenvalue weighted by Crippen LogP contribution is 2.37. The van der Waals surface area contributed by atoms with E-state index < -0.39 is 5.54 Å². The number of hydrogen-bond donors (Lipinski definition) is 2. The number of primary amides is 1. The van der Waals surface area contributed by atoms with Gasteiger partial charge in [0.15, 0.2) is 0 Å². The molecule has 0 heterocycles. The van der Waals surface area contributed by atoms with Gasteiger partial charge >= 0.3 is 0 Å². The van der Waals surface area contributed by atoms with Gasteiger partial charge in [0.25, 0.3) is 0 Å². The molecule has 2 atom stereocenters. The minimum atomic E-state index is -0.419. The highest BCUT2D eigenvalue weighted by atomic mass is 32.2. The molecule has 0 aromatic carbocycles. The van der Waals surface area contributed by atoms with Crippen LogP contribution < -0.4 is 11.1 Å². The maximum atomic E-state index is 11.6. The summed E-state index contributed by atoms with van der Waals surface area (Å²) in [6, 6.07) is 0. The normalized spacial score (nSPS) is 28.5. The van der Waals surface area contributed by atoms with Gasteiger partial charge in [-0.3, -0.25) is 4.79 Å². The standard InChI is InChI=1S/C13H26N2OS/c1-3-5-6-9-17-11-7-8-13(10-11,12(14)16)15-4-2/h11,15H,3-10H2,1-2H3,(H2,14,16). The van der Waals surface area contributed by atoms with Crippen LogP contribution in [0.2, 0.25) is 0 Å². The monoisotopic (exact) mass is 258 g/mol. The molecule has 1 saturated carbocycles. The summed E-state index contributed by atoms with van der Waals surface area (Å²) in [7, 11) is 0. The topological polar surface area (TPSA) is 55.1 Å². The zero-order valence-corrected chi connectivity index (χ0v) is 11.9. The second-order valence-corrected chi connectivity index (χ2v) is 6.33. The first kappa shape index (κ1) is 14.8. The molecule has 4 heteroatoms. The van der Waals surface area contributed by atoms with Crippen LogP contribution in [0, 0.1) is 0 Å². The Morgan fingerprint density at radius 2 is 2.24 bits per heavy atom. The summed E-state index contributed by atoms with van der Waals surface area (Å²) < 4.78 is 0. The number of amides is 1. The van der Waals surface area contributed by atoms with Crippen LogP contribution in [0.15, 0.2) is 0 Å². The summed E-state index contributed by atoms with van der Waals surface area (Å²) in [6.07, 6.45) is 6.81. The second kappa shape index (κ2) is 7.27. The summed E-state index contributed by atoms with van der Waals surface area (Å²) >= 11 is 2.02. The lowest BCUT2D eigenvalue weighted by molar-refractivity contribution is -0.124. The molecular weight excluding hydrogens is 232 g/mol. The van der Waals surface area contributed by atoms with E-state index in [9.17, 15) is 4.79 Å². The van der Waals surface area contributed by atoms with Crippen molar-refractivity contribution in [3.63, 3.8) is 0 Å². The van der Waals surface area contributed by atoms with Crippen molar-refractivity contribution < 1.29 is 4.79 Å².